The van der Waals surface area contributed by atoms with Crippen LogP contribution in [0.4, 0.5) is 5.69 Å². The lowest BCUT2D eigenvalue weighted by Gasteiger charge is -2.35. The van der Waals surface area contributed by atoms with Crippen LogP contribution in [0.3, 0.4) is 0 Å². The van der Waals surface area contributed by atoms with Crippen LogP contribution in [0.5, 0.6) is 0 Å². The van der Waals surface area contributed by atoms with Crippen LogP contribution in [0.1, 0.15) is 40.9 Å². The second kappa shape index (κ2) is 3.45. The molecule has 0 atom stereocenters. The minimum absolute atomic E-state index is 0.0761. The largest absolute Gasteiger partial charge is 0.398 e. The van der Waals surface area contributed by atoms with Crippen LogP contribution >= 0.6 is 0 Å². The first-order chi connectivity index (χ1) is 8.53. The number of nitrogen functional groups attached to an aromatic ring is 1. The second-order valence-corrected chi connectivity index (χ2v) is 5.27. The van der Waals surface area contributed by atoms with Crippen LogP contribution in [0, 0.1) is 0 Å². The lowest BCUT2D eigenvalue weighted by molar-refractivity contribution is 0.103. The highest BCUT2D eigenvalue weighted by Crippen LogP contribution is 2.43. The summed E-state index contributed by atoms with van der Waals surface area (Å²) in [5.74, 6) is 0.0761. The number of carbonyl (C=O) groups excluding carboxylic acids is 1. The molecule has 2 N–H and O–H groups in total. The van der Waals surface area contributed by atoms with Crippen molar-refractivity contribution >= 4 is 11.5 Å². The van der Waals surface area contributed by atoms with Gasteiger partial charge in [-0.15, -0.1) is 0 Å². The topological polar surface area (TPSA) is 43.1 Å². The molecule has 0 unspecified atom stereocenters. The molecule has 0 radical (unpaired) electrons. The maximum atomic E-state index is 12.5. The SMILES string of the molecule is CC1(C)c2ccccc2C(=O)c2cccc(N)c21. The minimum Gasteiger partial charge on any atom is -0.398 e. The Bertz CT molecular complexity index is 656. The number of ketones is 1. The third-order valence-electron chi connectivity index (χ3n) is 3.81. The molecule has 1 aliphatic carbocycles. The summed E-state index contributed by atoms with van der Waals surface area (Å²) in [6.45, 7) is 4.24. The Morgan fingerprint density at radius 1 is 0.944 bits per heavy atom. The molecular weight excluding hydrogens is 222 g/mol. The maximum Gasteiger partial charge on any atom is 0.193 e. The van der Waals surface area contributed by atoms with Gasteiger partial charge >= 0.3 is 0 Å². The summed E-state index contributed by atoms with van der Waals surface area (Å²) in [6, 6.07) is 13.4. The lowest BCUT2D eigenvalue weighted by Crippen LogP contribution is -2.31. The van der Waals surface area contributed by atoms with Crippen molar-refractivity contribution in [3.8, 4) is 0 Å². The molecule has 0 fully saturated rings. The van der Waals surface area contributed by atoms with Gasteiger partial charge in [0.1, 0.15) is 0 Å². The molecule has 0 saturated carbocycles. The highest BCUT2D eigenvalue weighted by molar-refractivity contribution is 6.13. The summed E-state index contributed by atoms with van der Waals surface area (Å²) >= 11 is 0. The highest BCUT2D eigenvalue weighted by atomic mass is 16.1. The van der Waals surface area contributed by atoms with Crippen LogP contribution in [-0.2, 0) is 5.41 Å². The van der Waals surface area contributed by atoms with Crippen LogP contribution in [0.2, 0.25) is 0 Å². The molecule has 3 rings (SSSR count). The van der Waals surface area contributed by atoms with Gasteiger partial charge in [0.15, 0.2) is 5.78 Å². The Morgan fingerprint density at radius 2 is 1.61 bits per heavy atom. The minimum atomic E-state index is -0.231. The number of carbonyl (C=O) groups is 1. The van der Waals surface area contributed by atoms with Gasteiger partial charge in [0.05, 0.1) is 0 Å². The zero-order chi connectivity index (χ0) is 12.9. The molecule has 2 heteroatoms. The smallest absolute Gasteiger partial charge is 0.193 e. The Balaban J connectivity index is 2.41. The van der Waals surface area contributed by atoms with Gasteiger partial charge in [0, 0.05) is 22.2 Å². The van der Waals surface area contributed by atoms with Crippen LogP contribution in [-0.4, -0.2) is 5.78 Å². The van der Waals surface area contributed by atoms with Crippen molar-refractivity contribution in [3.63, 3.8) is 0 Å². The van der Waals surface area contributed by atoms with Crippen LogP contribution < -0.4 is 5.73 Å². The highest BCUT2D eigenvalue weighted by Gasteiger charge is 2.37. The number of rotatable bonds is 0. The molecular formula is C16H15NO. The third kappa shape index (κ3) is 1.26. The summed E-state index contributed by atoms with van der Waals surface area (Å²) < 4.78 is 0. The Labute approximate surface area is 106 Å². The predicted molar refractivity (Wildman–Crippen MR) is 72.9 cm³/mol. The quantitative estimate of drug-likeness (QED) is 0.715. The molecule has 0 aliphatic heterocycles. The molecule has 0 aromatic heterocycles. The van der Waals surface area contributed by atoms with Gasteiger partial charge in [0.25, 0.3) is 0 Å². The van der Waals surface area contributed by atoms with Gasteiger partial charge in [-0.05, 0) is 17.2 Å². The van der Waals surface area contributed by atoms with E-state index in [0.29, 0.717) is 5.69 Å². The normalized spacial score (nSPS) is 16.0. The van der Waals surface area contributed by atoms with E-state index in [1.807, 2.05) is 42.5 Å². The van der Waals surface area contributed by atoms with Gasteiger partial charge in [-0.1, -0.05) is 50.2 Å². The Hall–Kier alpha value is -2.09. The Kier molecular flexibility index (Phi) is 2.11. The molecule has 2 aromatic carbocycles. The van der Waals surface area contributed by atoms with Crippen molar-refractivity contribution in [1.82, 2.24) is 0 Å². The fraction of sp³-hybridized carbons (Fsp3) is 0.188. The molecule has 18 heavy (non-hydrogen) atoms. The van der Waals surface area contributed by atoms with E-state index < -0.39 is 0 Å². The molecule has 2 nitrogen and oxygen atoms in total. The Morgan fingerprint density at radius 3 is 2.39 bits per heavy atom. The van der Waals surface area contributed by atoms with Crippen LogP contribution in [0.15, 0.2) is 42.5 Å². The van der Waals surface area contributed by atoms with Gasteiger partial charge in [0.2, 0.25) is 0 Å². The number of fused-ring (bicyclic) bond motifs is 2. The number of anilines is 1. The van der Waals surface area contributed by atoms with Crippen molar-refractivity contribution in [2.45, 2.75) is 19.3 Å². The molecule has 1 aliphatic rings. The van der Waals surface area contributed by atoms with E-state index in [2.05, 4.69) is 13.8 Å². The van der Waals surface area contributed by atoms with E-state index in [1.54, 1.807) is 0 Å². The molecule has 0 bridgehead atoms. The van der Waals surface area contributed by atoms with Gasteiger partial charge in [-0.2, -0.15) is 0 Å². The fourth-order valence-corrected chi connectivity index (χ4v) is 2.96. The fourth-order valence-electron chi connectivity index (χ4n) is 2.96. The van der Waals surface area contributed by atoms with Crippen molar-refractivity contribution in [1.29, 1.82) is 0 Å². The second-order valence-electron chi connectivity index (χ2n) is 5.27. The number of hydrogen-bond acceptors (Lipinski definition) is 2. The summed E-state index contributed by atoms with van der Waals surface area (Å²) in [5.41, 5.74) is 10.1. The number of benzene rings is 2. The first-order valence-corrected chi connectivity index (χ1v) is 6.06. The number of hydrogen-bond donors (Lipinski definition) is 1. The molecule has 0 spiro atoms. The van der Waals surface area contributed by atoms with Crippen molar-refractivity contribution in [3.05, 3.63) is 64.7 Å². The molecule has 0 heterocycles. The summed E-state index contributed by atoms with van der Waals surface area (Å²) in [7, 11) is 0. The molecule has 0 saturated heterocycles. The monoisotopic (exact) mass is 237 g/mol. The summed E-state index contributed by atoms with van der Waals surface area (Å²) in [6.07, 6.45) is 0. The van der Waals surface area contributed by atoms with E-state index >= 15 is 0 Å². The van der Waals surface area contributed by atoms with E-state index in [-0.39, 0.29) is 11.2 Å². The maximum absolute atomic E-state index is 12.5. The number of nitrogens with two attached hydrogens (primary N) is 1. The predicted octanol–water partition coefficient (Wildman–Crippen LogP) is 3.14. The average molecular weight is 237 g/mol. The van der Waals surface area contributed by atoms with E-state index in [1.165, 1.54) is 0 Å². The zero-order valence-corrected chi connectivity index (χ0v) is 10.5. The van der Waals surface area contributed by atoms with Gasteiger partial charge in [-0.3, -0.25) is 4.79 Å². The summed E-state index contributed by atoms with van der Waals surface area (Å²) in [5, 5.41) is 0. The molecule has 2 aromatic rings. The zero-order valence-electron chi connectivity index (χ0n) is 10.5. The molecule has 0 amide bonds. The third-order valence-corrected chi connectivity index (χ3v) is 3.81. The molecule has 90 valence electrons. The van der Waals surface area contributed by atoms with Crippen molar-refractivity contribution < 1.29 is 4.79 Å². The standard InChI is InChI=1S/C16H15NO/c1-16(2)12-8-4-3-6-10(12)15(18)11-7-5-9-13(17)14(11)16/h3-9H,17H2,1-2H3. The van der Waals surface area contributed by atoms with E-state index in [0.717, 1.165) is 22.3 Å². The van der Waals surface area contributed by atoms with Gasteiger partial charge < -0.3 is 5.73 Å². The van der Waals surface area contributed by atoms with E-state index in [9.17, 15) is 4.79 Å². The van der Waals surface area contributed by atoms with Gasteiger partial charge in [-0.25, -0.2) is 0 Å². The van der Waals surface area contributed by atoms with Crippen molar-refractivity contribution in [2.75, 3.05) is 5.73 Å². The van der Waals surface area contributed by atoms with Crippen molar-refractivity contribution in [2.24, 2.45) is 0 Å². The summed E-state index contributed by atoms with van der Waals surface area (Å²) in [4.78, 5) is 12.5. The lowest BCUT2D eigenvalue weighted by atomic mass is 9.68. The van der Waals surface area contributed by atoms with E-state index in [4.69, 9.17) is 5.73 Å². The first kappa shape index (κ1) is 11.0. The van der Waals surface area contributed by atoms with Crippen LogP contribution in [0.25, 0.3) is 0 Å². The first-order valence-electron chi connectivity index (χ1n) is 6.06. The average Bonchev–Trinajstić information content (AvgIpc) is 2.36.